The minimum Gasteiger partial charge on any atom is -0.496 e. The molecule has 4 rings (SSSR count). The maximum atomic E-state index is 16.5. The van der Waals surface area contributed by atoms with Gasteiger partial charge in [-0.2, -0.15) is 0 Å². The Morgan fingerprint density at radius 3 is 2.36 bits per heavy atom. The summed E-state index contributed by atoms with van der Waals surface area (Å²) in [6, 6.07) is 9.69. The standard InChI is InChI=1S/C27H23F2NO6/c1-13-9-19(35-4)18(27(32)33)11-17(13)21-15(12-34-3)10-20-22(24(21)29)23(26(31)30-2)25(36-20)14-5-7-16(28)8-6-14/h5-11H,12H2,1-4H3,(H,30,31)(H,32,33). The van der Waals surface area contributed by atoms with E-state index < -0.39 is 23.5 Å². The molecule has 7 nitrogen and oxygen atoms in total. The molecule has 4 aromatic rings. The highest BCUT2D eigenvalue weighted by atomic mass is 19.1. The summed E-state index contributed by atoms with van der Waals surface area (Å²) >= 11 is 0. The number of carboxylic acid groups (broad SMARTS) is 1. The quantitative estimate of drug-likeness (QED) is 0.348. The van der Waals surface area contributed by atoms with Crippen LogP contribution in [0, 0.1) is 18.6 Å². The fourth-order valence-corrected chi connectivity index (χ4v) is 4.26. The first kappa shape index (κ1) is 24.9. The summed E-state index contributed by atoms with van der Waals surface area (Å²) in [4.78, 5) is 24.8. The Bertz CT molecular complexity index is 1490. The number of rotatable bonds is 7. The summed E-state index contributed by atoms with van der Waals surface area (Å²) in [6.07, 6.45) is 0. The van der Waals surface area contributed by atoms with Gasteiger partial charge in [-0.25, -0.2) is 13.6 Å². The number of fused-ring (bicyclic) bond motifs is 1. The molecule has 1 aromatic heterocycles. The van der Waals surface area contributed by atoms with Crippen LogP contribution in [0.25, 0.3) is 33.4 Å². The van der Waals surface area contributed by atoms with E-state index >= 15 is 4.39 Å². The lowest BCUT2D eigenvalue weighted by Gasteiger charge is -2.16. The van der Waals surface area contributed by atoms with Gasteiger partial charge in [-0.15, -0.1) is 0 Å². The Labute approximate surface area is 205 Å². The van der Waals surface area contributed by atoms with Crippen LogP contribution in [0.1, 0.15) is 31.8 Å². The minimum absolute atomic E-state index is 0.0159. The maximum Gasteiger partial charge on any atom is 0.339 e. The second-order valence-corrected chi connectivity index (χ2v) is 8.10. The number of aromatic carboxylic acids is 1. The van der Waals surface area contributed by atoms with Crippen molar-refractivity contribution in [2.45, 2.75) is 13.5 Å². The van der Waals surface area contributed by atoms with Gasteiger partial charge >= 0.3 is 5.97 Å². The topological polar surface area (TPSA) is 98.0 Å². The zero-order valence-electron chi connectivity index (χ0n) is 20.0. The molecule has 0 bridgehead atoms. The predicted octanol–water partition coefficient (Wildman–Crippen LogP) is 5.57. The van der Waals surface area contributed by atoms with Crippen molar-refractivity contribution in [3.05, 3.63) is 76.4 Å². The van der Waals surface area contributed by atoms with Crippen molar-refractivity contribution in [1.29, 1.82) is 0 Å². The lowest BCUT2D eigenvalue weighted by molar-refractivity contribution is 0.0693. The van der Waals surface area contributed by atoms with Crippen molar-refractivity contribution in [2.24, 2.45) is 0 Å². The zero-order valence-corrected chi connectivity index (χ0v) is 20.0. The van der Waals surface area contributed by atoms with Gasteiger partial charge in [0.2, 0.25) is 0 Å². The van der Waals surface area contributed by atoms with Crippen LogP contribution in [0.3, 0.4) is 0 Å². The number of hydrogen-bond donors (Lipinski definition) is 2. The normalized spacial score (nSPS) is 11.1. The second kappa shape index (κ2) is 9.79. The molecule has 0 aliphatic heterocycles. The number of nitrogens with one attached hydrogen (secondary N) is 1. The number of methoxy groups -OCH3 is 2. The molecule has 186 valence electrons. The van der Waals surface area contributed by atoms with Crippen molar-refractivity contribution < 1.29 is 37.4 Å². The van der Waals surface area contributed by atoms with Crippen LogP contribution in [0.5, 0.6) is 5.75 Å². The third-order valence-electron chi connectivity index (χ3n) is 5.91. The lowest BCUT2D eigenvalue weighted by atomic mass is 9.91. The largest absolute Gasteiger partial charge is 0.496 e. The third kappa shape index (κ3) is 4.18. The summed E-state index contributed by atoms with van der Waals surface area (Å²) in [5, 5.41) is 12.1. The smallest absolute Gasteiger partial charge is 0.339 e. The first-order valence-corrected chi connectivity index (χ1v) is 10.9. The summed E-state index contributed by atoms with van der Waals surface area (Å²) in [5.74, 6) is -2.89. The van der Waals surface area contributed by atoms with E-state index in [9.17, 15) is 19.1 Å². The van der Waals surface area contributed by atoms with Crippen molar-refractivity contribution in [3.8, 4) is 28.2 Å². The Hall–Kier alpha value is -4.24. The molecule has 0 aliphatic rings. The van der Waals surface area contributed by atoms with E-state index in [1.807, 2.05) is 0 Å². The monoisotopic (exact) mass is 495 g/mol. The van der Waals surface area contributed by atoms with Crippen LogP contribution in [-0.4, -0.2) is 38.3 Å². The molecule has 0 unspecified atom stereocenters. The number of ether oxygens (including phenoxy) is 2. The van der Waals surface area contributed by atoms with E-state index in [1.54, 1.807) is 13.0 Å². The van der Waals surface area contributed by atoms with Gasteiger partial charge in [0.25, 0.3) is 5.91 Å². The number of benzene rings is 3. The van der Waals surface area contributed by atoms with Gasteiger partial charge < -0.3 is 24.3 Å². The molecule has 36 heavy (non-hydrogen) atoms. The number of aryl methyl sites for hydroxylation is 1. The minimum atomic E-state index is -1.24. The van der Waals surface area contributed by atoms with E-state index in [4.69, 9.17) is 13.9 Å². The van der Waals surface area contributed by atoms with Gasteiger partial charge in [0.05, 0.1) is 24.7 Å². The van der Waals surface area contributed by atoms with Crippen LogP contribution < -0.4 is 10.1 Å². The number of halogens is 2. The second-order valence-electron chi connectivity index (χ2n) is 8.10. The Morgan fingerprint density at radius 1 is 1.08 bits per heavy atom. The molecular formula is C27H23F2NO6. The Kier molecular flexibility index (Phi) is 6.76. The average molecular weight is 495 g/mol. The lowest BCUT2D eigenvalue weighted by Crippen LogP contribution is -2.18. The summed E-state index contributed by atoms with van der Waals surface area (Å²) in [7, 11) is 4.19. The highest BCUT2D eigenvalue weighted by Crippen LogP contribution is 2.42. The molecule has 0 saturated heterocycles. The van der Waals surface area contributed by atoms with Crippen molar-refractivity contribution in [2.75, 3.05) is 21.3 Å². The molecule has 1 heterocycles. The van der Waals surface area contributed by atoms with Crippen molar-refractivity contribution in [1.82, 2.24) is 5.32 Å². The Balaban J connectivity index is 2.11. The highest BCUT2D eigenvalue weighted by molar-refractivity contribution is 6.12. The molecule has 0 fully saturated rings. The summed E-state index contributed by atoms with van der Waals surface area (Å²) in [5.41, 5.74) is 1.57. The predicted molar refractivity (Wildman–Crippen MR) is 129 cm³/mol. The van der Waals surface area contributed by atoms with E-state index in [0.29, 0.717) is 22.3 Å². The maximum absolute atomic E-state index is 16.5. The number of hydrogen-bond acceptors (Lipinski definition) is 5. The SMILES string of the molecule is CNC(=O)c1c(-c2ccc(F)cc2)oc2cc(COC)c(-c3cc(C(=O)O)c(OC)cc3C)c(F)c12. The van der Waals surface area contributed by atoms with Gasteiger partial charge in [0, 0.05) is 25.3 Å². The van der Waals surface area contributed by atoms with E-state index in [2.05, 4.69) is 5.32 Å². The van der Waals surface area contributed by atoms with Crippen molar-refractivity contribution in [3.63, 3.8) is 0 Å². The van der Waals surface area contributed by atoms with Crippen molar-refractivity contribution >= 4 is 22.8 Å². The molecule has 9 heteroatoms. The third-order valence-corrected chi connectivity index (χ3v) is 5.91. The van der Waals surface area contributed by atoms with Crippen LogP contribution in [0.2, 0.25) is 0 Å². The molecule has 0 atom stereocenters. The molecule has 0 spiro atoms. The summed E-state index contributed by atoms with van der Waals surface area (Å²) in [6.45, 7) is 1.68. The first-order chi connectivity index (χ1) is 17.2. The molecule has 3 aromatic carbocycles. The number of carboxylic acids is 1. The van der Waals surface area contributed by atoms with Gasteiger partial charge in [-0.1, -0.05) is 0 Å². The fourth-order valence-electron chi connectivity index (χ4n) is 4.26. The van der Waals surface area contributed by atoms with E-state index in [1.165, 1.54) is 57.7 Å². The molecule has 0 saturated carbocycles. The van der Waals surface area contributed by atoms with Crippen LogP contribution in [0.4, 0.5) is 8.78 Å². The molecule has 2 N–H and O–H groups in total. The molecule has 0 aliphatic carbocycles. The van der Waals surface area contributed by atoms with E-state index in [-0.39, 0.29) is 45.8 Å². The van der Waals surface area contributed by atoms with Crippen LogP contribution in [-0.2, 0) is 11.3 Å². The number of carbonyl (C=O) groups is 2. The molecular weight excluding hydrogens is 472 g/mol. The first-order valence-electron chi connectivity index (χ1n) is 10.9. The Morgan fingerprint density at radius 2 is 1.78 bits per heavy atom. The number of furan rings is 1. The number of amides is 1. The molecule has 0 radical (unpaired) electrons. The van der Waals surface area contributed by atoms with Gasteiger partial charge in [0.1, 0.15) is 34.3 Å². The zero-order chi connectivity index (χ0) is 26.1. The van der Waals surface area contributed by atoms with Crippen LogP contribution in [0.15, 0.2) is 46.9 Å². The van der Waals surface area contributed by atoms with Crippen LogP contribution >= 0.6 is 0 Å². The van der Waals surface area contributed by atoms with Gasteiger partial charge in [-0.3, -0.25) is 4.79 Å². The fraction of sp³-hybridized carbons (Fsp3) is 0.185. The molecule has 1 amide bonds. The van der Waals surface area contributed by atoms with Gasteiger partial charge in [-0.05, 0) is 66.1 Å². The number of carbonyl (C=O) groups excluding carboxylic acids is 1. The average Bonchev–Trinajstić information content (AvgIpc) is 3.24. The summed E-state index contributed by atoms with van der Waals surface area (Å²) < 4.78 is 46.4. The highest BCUT2D eigenvalue weighted by Gasteiger charge is 2.29. The van der Waals surface area contributed by atoms with Gasteiger partial charge in [0.15, 0.2) is 0 Å². The van der Waals surface area contributed by atoms with E-state index in [0.717, 1.165) is 0 Å².